The van der Waals surface area contributed by atoms with E-state index in [0.29, 0.717) is 0 Å². The van der Waals surface area contributed by atoms with Gasteiger partial charge >= 0.3 is 5.97 Å². The predicted octanol–water partition coefficient (Wildman–Crippen LogP) is 4.79. The van der Waals surface area contributed by atoms with Crippen molar-refractivity contribution in [3.8, 4) is 11.3 Å². The Labute approximate surface area is 137 Å². The van der Waals surface area contributed by atoms with Crippen LogP contribution in [0.1, 0.15) is 18.1 Å². The molecule has 0 bridgehead atoms. The van der Waals surface area contributed by atoms with Crippen LogP contribution in [0, 0.1) is 0 Å². The SMILES string of the molecule is CCc1cccc2c(CC(=O)O)c(-c3cccc(Br)c3)[nH]c12. The molecule has 0 saturated heterocycles. The molecule has 0 aliphatic carbocycles. The molecule has 4 heteroatoms. The maximum atomic E-state index is 11.3. The number of aromatic nitrogens is 1. The number of nitrogens with one attached hydrogen (secondary N) is 1. The van der Waals surface area contributed by atoms with Crippen LogP contribution in [0.25, 0.3) is 22.2 Å². The summed E-state index contributed by atoms with van der Waals surface area (Å²) >= 11 is 3.48. The maximum absolute atomic E-state index is 11.3. The highest BCUT2D eigenvalue weighted by Gasteiger charge is 2.17. The van der Waals surface area contributed by atoms with Crippen LogP contribution in [0.5, 0.6) is 0 Å². The maximum Gasteiger partial charge on any atom is 0.307 e. The third kappa shape index (κ3) is 2.66. The molecule has 0 saturated carbocycles. The van der Waals surface area contributed by atoms with Gasteiger partial charge in [0.05, 0.1) is 12.1 Å². The second kappa shape index (κ2) is 5.97. The molecule has 0 unspecified atom stereocenters. The summed E-state index contributed by atoms with van der Waals surface area (Å²) in [5.74, 6) is -0.820. The molecule has 0 amide bonds. The molecule has 3 rings (SSSR count). The Morgan fingerprint density at radius 3 is 2.68 bits per heavy atom. The lowest BCUT2D eigenvalue weighted by molar-refractivity contribution is -0.136. The van der Waals surface area contributed by atoms with Crippen molar-refractivity contribution < 1.29 is 9.90 Å². The van der Waals surface area contributed by atoms with E-state index in [-0.39, 0.29) is 6.42 Å². The molecular formula is C18H16BrNO2. The summed E-state index contributed by atoms with van der Waals surface area (Å²) in [7, 11) is 0. The van der Waals surface area contributed by atoms with Crippen molar-refractivity contribution in [2.45, 2.75) is 19.8 Å². The number of aliphatic carboxylic acids is 1. The summed E-state index contributed by atoms with van der Waals surface area (Å²) in [6.07, 6.45) is 0.914. The Morgan fingerprint density at radius 1 is 1.23 bits per heavy atom. The first-order chi connectivity index (χ1) is 10.6. The standard InChI is InChI=1S/C18H16BrNO2/c1-2-11-5-4-8-14-15(10-16(21)22)18(20-17(11)14)12-6-3-7-13(19)9-12/h3-9,20H,2,10H2,1H3,(H,21,22). The molecule has 2 N–H and O–H groups in total. The van der Waals surface area contributed by atoms with Gasteiger partial charge in [-0.15, -0.1) is 0 Å². The number of hydrogen-bond acceptors (Lipinski definition) is 1. The van der Waals surface area contributed by atoms with Gasteiger partial charge in [0, 0.05) is 15.4 Å². The highest BCUT2D eigenvalue weighted by molar-refractivity contribution is 9.10. The lowest BCUT2D eigenvalue weighted by Gasteiger charge is -2.03. The molecule has 112 valence electrons. The first-order valence-corrected chi connectivity index (χ1v) is 7.99. The molecule has 0 fully saturated rings. The van der Waals surface area contributed by atoms with Gasteiger partial charge in [0.2, 0.25) is 0 Å². The number of hydrogen-bond donors (Lipinski definition) is 2. The van der Waals surface area contributed by atoms with Crippen LogP contribution in [-0.4, -0.2) is 16.1 Å². The van der Waals surface area contributed by atoms with E-state index >= 15 is 0 Å². The van der Waals surface area contributed by atoms with E-state index < -0.39 is 5.97 Å². The smallest absolute Gasteiger partial charge is 0.307 e. The van der Waals surface area contributed by atoms with Crippen molar-refractivity contribution in [1.82, 2.24) is 4.98 Å². The number of para-hydroxylation sites is 1. The zero-order valence-electron chi connectivity index (χ0n) is 12.2. The summed E-state index contributed by atoms with van der Waals surface area (Å²) in [5, 5.41) is 10.3. The molecule has 3 nitrogen and oxygen atoms in total. The number of rotatable bonds is 4. The minimum absolute atomic E-state index is 0.00894. The molecule has 0 radical (unpaired) electrons. The minimum atomic E-state index is -0.820. The first-order valence-electron chi connectivity index (χ1n) is 7.20. The second-order valence-electron chi connectivity index (χ2n) is 5.25. The van der Waals surface area contributed by atoms with Crippen LogP contribution >= 0.6 is 15.9 Å². The van der Waals surface area contributed by atoms with Crippen LogP contribution < -0.4 is 0 Å². The van der Waals surface area contributed by atoms with E-state index in [9.17, 15) is 9.90 Å². The van der Waals surface area contributed by atoms with Gasteiger partial charge in [0.25, 0.3) is 0 Å². The predicted molar refractivity (Wildman–Crippen MR) is 92.2 cm³/mol. The number of benzene rings is 2. The van der Waals surface area contributed by atoms with E-state index in [0.717, 1.165) is 38.6 Å². The number of fused-ring (bicyclic) bond motifs is 1. The van der Waals surface area contributed by atoms with Crippen molar-refractivity contribution >= 4 is 32.8 Å². The summed E-state index contributed by atoms with van der Waals surface area (Å²) in [6.45, 7) is 2.10. The Bertz CT molecular complexity index is 851. The van der Waals surface area contributed by atoms with Crippen LogP contribution in [0.4, 0.5) is 0 Å². The summed E-state index contributed by atoms with van der Waals surface area (Å²) in [4.78, 5) is 14.7. The first kappa shape index (κ1) is 14.9. The Hall–Kier alpha value is -2.07. The molecule has 0 aliphatic heterocycles. The third-order valence-corrected chi connectivity index (χ3v) is 4.34. The lowest BCUT2D eigenvalue weighted by Crippen LogP contribution is -2.00. The number of carboxylic acids is 1. The van der Waals surface area contributed by atoms with Crippen molar-refractivity contribution in [3.05, 3.63) is 58.1 Å². The Balaban J connectivity index is 2.30. The van der Waals surface area contributed by atoms with Crippen molar-refractivity contribution in [2.24, 2.45) is 0 Å². The Morgan fingerprint density at radius 2 is 2.00 bits per heavy atom. The topological polar surface area (TPSA) is 53.1 Å². The van der Waals surface area contributed by atoms with Gasteiger partial charge in [0.1, 0.15) is 0 Å². The van der Waals surface area contributed by atoms with Gasteiger partial charge < -0.3 is 10.1 Å². The van der Waals surface area contributed by atoms with Gasteiger partial charge in [0.15, 0.2) is 0 Å². The zero-order chi connectivity index (χ0) is 15.7. The second-order valence-corrected chi connectivity index (χ2v) is 6.17. The van der Waals surface area contributed by atoms with Crippen LogP contribution in [0.3, 0.4) is 0 Å². The summed E-state index contributed by atoms with van der Waals surface area (Å²) < 4.78 is 0.973. The number of carboxylic acid groups (broad SMARTS) is 1. The van der Waals surface area contributed by atoms with Gasteiger partial charge in [-0.1, -0.05) is 53.2 Å². The molecular weight excluding hydrogens is 342 g/mol. The van der Waals surface area contributed by atoms with E-state index in [4.69, 9.17) is 0 Å². The molecule has 1 heterocycles. The highest BCUT2D eigenvalue weighted by atomic mass is 79.9. The number of carbonyl (C=O) groups is 1. The number of halogens is 1. The molecule has 1 aromatic heterocycles. The lowest BCUT2D eigenvalue weighted by atomic mass is 10.0. The average Bonchev–Trinajstić information content (AvgIpc) is 2.85. The number of H-pyrrole nitrogens is 1. The fourth-order valence-corrected chi connectivity index (χ4v) is 3.25. The monoisotopic (exact) mass is 357 g/mol. The van der Waals surface area contributed by atoms with Gasteiger partial charge in [-0.2, -0.15) is 0 Å². The fourth-order valence-electron chi connectivity index (χ4n) is 2.85. The molecule has 3 aromatic rings. The van der Waals surface area contributed by atoms with Gasteiger partial charge in [-0.25, -0.2) is 0 Å². The molecule has 2 aromatic carbocycles. The summed E-state index contributed by atoms with van der Waals surface area (Å²) in [6, 6.07) is 14.0. The third-order valence-electron chi connectivity index (χ3n) is 3.85. The minimum Gasteiger partial charge on any atom is -0.481 e. The van der Waals surface area contributed by atoms with E-state index in [1.165, 1.54) is 5.56 Å². The van der Waals surface area contributed by atoms with Crippen LogP contribution in [0.2, 0.25) is 0 Å². The van der Waals surface area contributed by atoms with Crippen LogP contribution in [0.15, 0.2) is 46.9 Å². The molecule has 0 atom stereocenters. The molecule has 0 spiro atoms. The molecule has 0 aliphatic rings. The largest absolute Gasteiger partial charge is 0.481 e. The Kier molecular flexibility index (Phi) is 4.03. The van der Waals surface area contributed by atoms with Crippen LogP contribution in [-0.2, 0) is 17.6 Å². The quantitative estimate of drug-likeness (QED) is 0.705. The van der Waals surface area contributed by atoms with Crippen molar-refractivity contribution in [3.63, 3.8) is 0 Å². The van der Waals surface area contributed by atoms with Gasteiger partial charge in [-0.3, -0.25) is 4.79 Å². The van der Waals surface area contributed by atoms with Crippen molar-refractivity contribution in [1.29, 1.82) is 0 Å². The van der Waals surface area contributed by atoms with E-state index in [1.807, 2.05) is 36.4 Å². The number of aryl methyl sites for hydroxylation is 1. The number of aromatic amines is 1. The van der Waals surface area contributed by atoms with Gasteiger partial charge in [-0.05, 0) is 35.2 Å². The van der Waals surface area contributed by atoms with Crippen molar-refractivity contribution in [2.75, 3.05) is 0 Å². The highest BCUT2D eigenvalue weighted by Crippen LogP contribution is 2.33. The normalized spacial score (nSPS) is 11.0. The fraction of sp³-hybridized carbons (Fsp3) is 0.167. The summed E-state index contributed by atoms with van der Waals surface area (Å²) in [5.41, 5.74) is 4.96. The van der Waals surface area contributed by atoms with E-state index in [1.54, 1.807) is 0 Å². The molecule has 22 heavy (non-hydrogen) atoms. The average molecular weight is 358 g/mol. The van der Waals surface area contributed by atoms with E-state index in [2.05, 4.69) is 33.9 Å². The zero-order valence-corrected chi connectivity index (χ0v) is 13.8.